The number of hydrogen-bond acceptors (Lipinski definition) is 6. The van der Waals surface area contributed by atoms with E-state index >= 15 is 0 Å². The van der Waals surface area contributed by atoms with Gasteiger partial charge in [0.2, 0.25) is 5.91 Å². The second kappa shape index (κ2) is 6.33. The SMILES string of the molecule is CC(C(=O)N1CCC(c2ncc(C(=O)O)s2)CC1)S(C)(=O)=O. The number of likely N-dealkylation sites (tertiary alicyclic amines) is 1. The number of piperidine rings is 1. The van der Waals surface area contributed by atoms with E-state index in [9.17, 15) is 18.0 Å². The molecule has 22 heavy (non-hydrogen) atoms. The van der Waals surface area contributed by atoms with Gasteiger partial charge in [-0.2, -0.15) is 0 Å². The van der Waals surface area contributed by atoms with Crippen molar-refractivity contribution in [2.24, 2.45) is 0 Å². The van der Waals surface area contributed by atoms with Crippen LogP contribution < -0.4 is 0 Å². The average molecular weight is 346 g/mol. The minimum absolute atomic E-state index is 0.121. The summed E-state index contributed by atoms with van der Waals surface area (Å²) in [6.07, 6.45) is 3.74. The Morgan fingerprint density at radius 2 is 2.00 bits per heavy atom. The highest BCUT2D eigenvalue weighted by Crippen LogP contribution is 2.31. The van der Waals surface area contributed by atoms with Gasteiger partial charge in [-0.3, -0.25) is 4.79 Å². The molecule has 1 aliphatic heterocycles. The summed E-state index contributed by atoms with van der Waals surface area (Å²) in [5.74, 6) is -1.24. The van der Waals surface area contributed by atoms with Crippen molar-refractivity contribution >= 4 is 33.1 Å². The van der Waals surface area contributed by atoms with Gasteiger partial charge in [0.05, 0.1) is 11.2 Å². The molecule has 0 aromatic carbocycles. The molecule has 1 atom stereocenters. The van der Waals surface area contributed by atoms with Gasteiger partial charge in [0.1, 0.15) is 10.1 Å². The third kappa shape index (κ3) is 3.64. The van der Waals surface area contributed by atoms with Gasteiger partial charge in [-0.05, 0) is 19.8 Å². The molecule has 1 saturated heterocycles. The molecule has 1 aromatic rings. The molecule has 1 unspecified atom stereocenters. The molecule has 0 saturated carbocycles. The predicted octanol–water partition coefficient (Wildman–Crippen LogP) is 0.980. The van der Waals surface area contributed by atoms with Gasteiger partial charge in [-0.25, -0.2) is 18.2 Å². The number of carbonyl (C=O) groups excluding carboxylic acids is 1. The van der Waals surface area contributed by atoms with Crippen molar-refractivity contribution in [3.8, 4) is 0 Å². The van der Waals surface area contributed by atoms with Crippen LogP contribution in [-0.2, 0) is 14.6 Å². The molecule has 2 heterocycles. The summed E-state index contributed by atoms with van der Waals surface area (Å²) >= 11 is 1.16. The summed E-state index contributed by atoms with van der Waals surface area (Å²) in [7, 11) is -3.39. The number of aromatic carboxylic acids is 1. The first-order chi connectivity index (χ1) is 10.2. The Labute approximate surface area is 132 Å². The Morgan fingerprint density at radius 3 is 2.45 bits per heavy atom. The number of rotatable bonds is 4. The molecule has 1 aromatic heterocycles. The van der Waals surface area contributed by atoms with E-state index < -0.39 is 21.1 Å². The van der Waals surface area contributed by atoms with Crippen LogP contribution in [-0.4, -0.2) is 59.9 Å². The van der Waals surface area contributed by atoms with Gasteiger partial charge >= 0.3 is 5.97 Å². The maximum absolute atomic E-state index is 12.1. The van der Waals surface area contributed by atoms with Crippen molar-refractivity contribution in [2.45, 2.75) is 30.9 Å². The summed E-state index contributed by atoms with van der Waals surface area (Å²) in [6, 6.07) is 0. The van der Waals surface area contributed by atoms with Crippen LogP contribution in [0, 0.1) is 0 Å². The standard InChI is InChI=1S/C13H18N2O5S2/c1-8(22(2,19)20)12(16)15-5-3-9(4-6-15)11-14-7-10(21-11)13(17)18/h7-9H,3-6H2,1-2H3,(H,17,18). The molecule has 1 amide bonds. The summed E-state index contributed by atoms with van der Waals surface area (Å²) in [6.45, 7) is 2.33. The van der Waals surface area contributed by atoms with Crippen LogP contribution >= 0.6 is 11.3 Å². The van der Waals surface area contributed by atoms with Gasteiger partial charge < -0.3 is 10.0 Å². The fraction of sp³-hybridized carbons (Fsp3) is 0.615. The van der Waals surface area contributed by atoms with E-state index in [0.717, 1.165) is 22.6 Å². The molecule has 1 fully saturated rings. The summed E-state index contributed by atoms with van der Waals surface area (Å²) in [4.78, 5) is 28.9. The number of carboxylic acids is 1. The molecule has 122 valence electrons. The van der Waals surface area contributed by atoms with Crippen LogP contribution in [0.5, 0.6) is 0 Å². The lowest BCUT2D eigenvalue weighted by Gasteiger charge is -2.32. The molecule has 0 radical (unpaired) electrons. The number of hydrogen-bond donors (Lipinski definition) is 1. The number of nitrogens with zero attached hydrogens (tertiary/aromatic N) is 2. The first kappa shape index (κ1) is 16.9. The van der Waals surface area contributed by atoms with Crippen molar-refractivity contribution in [3.63, 3.8) is 0 Å². The van der Waals surface area contributed by atoms with Crippen LogP contribution in [0.2, 0.25) is 0 Å². The lowest BCUT2D eigenvalue weighted by molar-refractivity contribution is -0.131. The van der Waals surface area contributed by atoms with E-state index in [0.29, 0.717) is 25.9 Å². The number of sulfone groups is 1. The predicted molar refractivity (Wildman–Crippen MR) is 81.9 cm³/mol. The van der Waals surface area contributed by atoms with E-state index in [2.05, 4.69) is 4.98 Å². The largest absolute Gasteiger partial charge is 0.477 e. The smallest absolute Gasteiger partial charge is 0.347 e. The van der Waals surface area contributed by atoms with Gasteiger partial charge in [-0.1, -0.05) is 0 Å². The third-order valence-corrected chi connectivity index (χ3v) is 6.51. The van der Waals surface area contributed by atoms with E-state index in [1.165, 1.54) is 13.1 Å². The molecule has 7 nitrogen and oxygen atoms in total. The topological polar surface area (TPSA) is 105 Å². The van der Waals surface area contributed by atoms with Crippen LogP contribution in [0.1, 0.15) is 40.4 Å². The number of aromatic nitrogens is 1. The van der Waals surface area contributed by atoms with Gasteiger partial charge in [0.15, 0.2) is 9.84 Å². The molecule has 0 aliphatic carbocycles. The number of thiazole rings is 1. The third-order valence-electron chi connectivity index (χ3n) is 3.88. The maximum Gasteiger partial charge on any atom is 0.347 e. The second-order valence-electron chi connectivity index (χ2n) is 5.44. The molecular formula is C13H18N2O5S2. The van der Waals surface area contributed by atoms with E-state index in [1.54, 1.807) is 4.90 Å². The lowest BCUT2D eigenvalue weighted by atomic mass is 9.97. The van der Waals surface area contributed by atoms with E-state index in [4.69, 9.17) is 5.11 Å². The number of amides is 1. The summed E-state index contributed by atoms with van der Waals surface area (Å²) in [5, 5.41) is 8.65. The van der Waals surface area contributed by atoms with Crippen molar-refractivity contribution in [1.29, 1.82) is 0 Å². The summed E-state index contributed by atoms with van der Waals surface area (Å²) in [5.41, 5.74) is 0. The minimum atomic E-state index is -3.39. The molecule has 0 bridgehead atoms. The van der Waals surface area contributed by atoms with Gasteiger partial charge in [-0.15, -0.1) is 11.3 Å². The highest BCUT2D eigenvalue weighted by atomic mass is 32.2. The molecule has 0 spiro atoms. The molecule has 9 heteroatoms. The molecule has 2 rings (SSSR count). The monoisotopic (exact) mass is 346 g/mol. The highest BCUT2D eigenvalue weighted by molar-refractivity contribution is 7.92. The minimum Gasteiger partial charge on any atom is -0.477 e. The number of carbonyl (C=O) groups is 2. The maximum atomic E-state index is 12.1. The van der Waals surface area contributed by atoms with Crippen molar-refractivity contribution in [2.75, 3.05) is 19.3 Å². The Kier molecular flexibility index (Phi) is 4.86. The normalized spacial score (nSPS) is 18.2. The first-order valence-corrected chi connectivity index (χ1v) is 9.64. The zero-order chi connectivity index (χ0) is 16.5. The van der Waals surface area contributed by atoms with Gasteiger partial charge in [0.25, 0.3) is 0 Å². The Morgan fingerprint density at radius 1 is 1.41 bits per heavy atom. The van der Waals surface area contributed by atoms with E-state index in [-0.39, 0.29) is 16.7 Å². The van der Waals surface area contributed by atoms with Crippen molar-refractivity contribution < 1.29 is 23.1 Å². The highest BCUT2D eigenvalue weighted by Gasteiger charge is 2.32. The van der Waals surface area contributed by atoms with E-state index in [1.807, 2.05) is 0 Å². The fourth-order valence-electron chi connectivity index (χ4n) is 2.36. The number of carboxylic acid groups (broad SMARTS) is 1. The van der Waals surface area contributed by atoms with Crippen LogP contribution in [0.15, 0.2) is 6.20 Å². The molecular weight excluding hydrogens is 328 g/mol. The lowest BCUT2D eigenvalue weighted by Crippen LogP contribution is -2.44. The Bertz CT molecular complexity index is 674. The molecule has 1 N–H and O–H groups in total. The zero-order valence-electron chi connectivity index (χ0n) is 12.4. The Balaban J connectivity index is 1.98. The van der Waals surface area contributed by atoms with Crippen molar-refractivity contribution in [1.82, 2.24) is 9.88 Å². The second-order valence-corrected chi connectivity index (χ2v) is 8.87. The zero-order valence-corrected chi connectivity index (χ0v) is 14.0. The van der Waals surface area contributed by atoms with Crippen molar-refractivity contribution in [3.05, 3.63) is 16.1 Å². The van der Waals surface area contributed by atoms with Crippen LogP contribution in [0.25, 0.3) is 0 Å². The summed E-state index contributed by atoms with van der Waals surface area (Å²) < 4.78 is 22.9. The first-order valence-electron chi connectivity index (χ1n) is 6.87. The van der Waals surface area contributed by atoms with Crippen LogP contribution in [0.4, 0.5) is 0 Å². The molecule has 1 aliphatic rings. The van der Waals surface area contributed by atoms with Crippen LogP contribution in [0.3, 0.4) is 0 Å². The Hall–Kier alpha value is -1.48. The fourth-order valence-corrected chi connectivity index (χ4v) is 3.80. The quantitative estimate of drug-likeness (QED) is 0.871. The van der Waals surface area contributed by atoms with Gasteiger partial charge in [0, 0.05) is 25.3 Å². The average Bonchev–Trinajstić information content (AvgIpc) is 2.95.